The molecule has 5 nitrogen and oxygen atoms in total. The van der Waals surface area contributed by atoms with Crippen molar-refractivity contribution in [3.05, 3.63) is 85.5 Å². The van der Waals surface area contributed by atoms with Crippen LogP contribution in [0.1, 0.15) is 22.0 Å². The van der Waals surface area contributed by atoms with Gasteiger partial charge in [0.1, 0.15) is 17.6 Å². The van der Waals surface area contributed by atoms with Crippen LogP contribution in [0.15, 0.2) is 59.5 Å². The molecule has 1 atom stereocenters. The van der Waals surface area contributed by atoms with Gasteiger partial charge in [-0.2, -0.15) is 0 Å². The maximum atomic E-state index is 13.1. The smallest absolute Gasteiger partial charge is 0.300 e. The molecule has 1 aliphatic heterocycles. The van der Waals surface area contributed by atoms with E-state index in [4.69, 9.17) is 27.9 Å². The Hall–Kier alpha value is -2.80. The number of Topliss-reactive ketones (excluding diaryl/α,β-unsaturated/α-hetero) is 1. The van der Waals surface area contributed by atoms with Gasteiger partial charge in [0.15, 0.2) is 0 Å². The molecule has 0 bridgehead atoms. The van der Waals surface area contributed by atoms with E-state index in [9.17, 15) is 14.7 Å². The molecule has 1 unspecified atom stereocenters. The van der Waals surface area contributed by atoms with E-state index in [-0.39, 0.29) is 11.3 Å². The molecule has 1 aromatic heterocycles. The minimum atomic E-state index is -0.776. The number of halogens is 2. The number of anilines is 1. The van der Waals surface area contributed by atoms with Gasteiger partial charge < -0.3 is 9.84 Å². The van der Waals surface area contributed by atoms with Crippen LogP contribution in [-0.2, 0) is 9.59 Å². The second-order valence-corrected chi connectivity index (χ2v) is 8.79. The number of carbonyl (C=O) groups excluding carboxylic acids is 2. The highest BCUT2D eigenvalue weighted by atomic mass is 35.5. The standard InChI is InChI=1S/C23H17Cl2NO4S/c1-12-10-14(24)6-8-16(12)26-20(18-4-3-9-31-18)19(22(28)23(26)29)21(27)13-5-7-15(25)17(11-13)30-2/h3-11,20,27H,1-2H3/b21-19-. The van der Waals surface area contributed by atoms with E-state index in [1.165, 1.54) is 29.4 Å². The first kappa shape index (κ1) is 21.4. The number of methoxy groups -OCH3 is 1. The van der Waals surface area contributed by atoms with Crippen LogP contribution in [0.4, 0.5) is 5.69 Å². The molecule has 1 aliphatic rings. The molecule has 1 saturated heterocycles. The van der Waals surface area contributed by atoms with Crippen molar-refractivity contribution in [2.45, 2.75) is 13.0 Å². The van der Waals surface area contributed by atoms with E-state index in [2.05, 4.69) is 0 Å². The van der Waals surface area contributed by atoms with Crippen molar-refractivity contribution in [3.8, 4) is 5.75 Å². The summed E-state index contributed by atoms with van der Waals surface area (Å²) in [5.41, 5.74) is 1.63. The van der Waals surface area contributed by atoms with E-state index < -0.39 is 17.7 Å². The second-order valence-electron chi connectivity index (χ2n) is 6.96. The molecule has 4 rings (SSSR count). The summed E-state index contributed by atoms with van der Waals surface area (Å²) < 4.78 is 5.22. The van der Waals surface area contributed by atoms with E-state index in [0.29, 0.717) is 27.0 Å². The Morgan fingerprint density at radius 1 is 1.13 bits per heavy atom. The predicted molar refractivity (Wildman–Crippen MR) is 123 cm³/mol. The molecule has 2 heterocycles. The van der Waals surface area contributed by atoms with Crippen molar-refractivity contribution in [1.29, 1.82) is 0 Å². The highest BCUT2D eigenvalue weighted by Gasteiger charge is 2.47. The minimum Gasteiger partial charge on any atom is -0.507 e. The van der Waals surface area contributed by atoms with E-state index in [0.717, 1.165) is 10.4 Å². The third-order valence-corrected chi connectivity index (χ3v) is 6.57. The average molecular weight is 474 g/mol. The number of rotatable bonds is 4. The highest BCUT2D eigenvalue weighted by molar-refractivity contribution is 7.10. The summed E-state index contributed by atoms with van der Waals surface area (Å²) in [6, 6.07) is 12.7. The number of ketones is 1. The van der Waals surface area contributed by atoms with Gasteiger partial charge in [-0.15, -0.1) is 11.3 Å². The molecule has 1 N–H and O–H groups in total. The van der Waals surface area contributed by atoms with Gasteiger partial charge in [0, 0.05) is 21.2 Å². The lowest BCUT2D eigenvalue weighted by molar-refractivity contribution is -0.132. The molecule has 0 spiro atoms. The van der Waals surface area contributed by atoms with Gasteiger partial charge >= 0.3 is 0 Å². The van der Waals surface area contributed by atoms with Crippen molar-refractivity contribution in [2.75, 3.05) is 12.0 Å². The SMILES string of the molecule is COc1cc(/C(O)=C2/C(=O)C(=O)N(c3ccc(Cl)cc3C)C2c2cccs2)ccc1Cl. The van der Waals surface area contributed by atoms with Gasteiger partial charge in [-0.3, -0.25) is 14.5 Å². The van der Waals surface area contributed by atoms with Gasteiger partial charge in [0.05, 0.1) is 17.7 Å². The topological polar surface area (TPSA) is 66.8 Å². The molecule has 0 radical (unpaired) electrons. The van der Waals surface area contributed by atoms with Crippen LogP contribution in [0, 0.1) is 6.92 Å². The largest absolute Gasteiger partial charge is 0.507 e. The lowest BCUT2D eigenvalue weighted by Gasteiger charge is -2.25. The van der Waals surface area contributed by atoms with Gasteiger partial charge in [-0.25, -0.2) is 0 Å². The third-order valence-electron chi connectivity index (χ3n) is 5.10. The molecule has 1 amide bonds. The molecule has 0 saturated carbocycles. The van der Waals surface area contributed by atoms with Gasteiger partial charge in [-0.1, -0.05) is 29.3 Å². The number of benzene rings is 2. The van der Waals surface area contributed by atoms with Crippen LogP contribution >= 0.6 is 34.5 Å². The molecular formula is C23H17Cl2NO4S. The zero-order chi connectivity index (χ0) is 22.3. The first-order valence-electron chi connectivity index (χ1n) is 9.28. The fraction of sp³-hybridized carbons (Fsp3) is 0.130. The Kier molecular flexibility index (Phi) is 5.79. The molecule has 1 fully saturated rings. The molecule has 31 heavy (non-hydrogen) atoms. The Bertz CT molecular complexity index is 1220. The van der Waals surface area contributed by atoms with Crippen LogP contribution in [0.2, 0.25) is 10.0 Å². The van der Waals surface area contributed by atoms with E-state index >= 15 is 0 Å². The Morgan fingerprint density at radius 3 is 2.55 bits per heavy atom. The lowest BCUT2D eigenvalue weighted by atomic mass is 9.99. The normalized spacial score (nSPS) is 17.9. The summed E-state index contributed by atoms with van der Waals surface area (Å²) in [4.78, 5) is 28.4. The highest BCUT2D eigenvalue weighted by Crippen LogP contribution is 2.45. The van der Waals surface area contributed by atoms with Crippen LogP contribution in [-0.4, -0.2) is 23.9 Å². The fourth-order valence-corrected chi connectivity index (χ4v) is 4.89. The third kappa shape index (κ3) is 3.71. The van der Waals surface area contributed by atoms with Gasteiger partial charge in [0.2, 0.25) is 0 Å². The molecule has 2 aromatic carbocycles. The summed E-state index contributed by atoms with van der Waals surface area (Å²) in [6.45, 7) is 1.82. The number of aliphatic hydroxyl groups is 1. The maximum Gasteiger partial charge on any atom is 0.300 e. The summed E-state index contributed by atoms with van der Waals surface area (Å²) in [7, 11) is 1.46. The van der Waals surface area contributed by atoms with Gasteiger partial charge in [0.25, 0.3) is 11.7 Å². The molecule has 3 aromatic rings. The summed E-state index contributed by atoms with van der Waals surface area (Å²) >= 11 is 13.6. The van der Waals surface area contributed by atoms with Crippen molar-refractivity contribution in [1.82, 2.24) is 0 Å². The first-order chi connectivity index (χ1) is 14.8. The fourth-order valence-electron chi connectivity index (χ4n) is 3.65. The maximum absolute atomic E-state index is 13.1. The van der Waals surface area contributed by atoms with E-state index in [1.807, 2.05) is 24.4 Å². The Labute approximate surface area is 193 Å². The average Bonchev–Trinajstić information content (AvgIpc) is 3.36. The monoisotopic (exact) mass is 473 g/mol. The molecule has 0 aliphatic carbocycles. The number of hydrogen-bond donors (Lipinski definition) is 1. The van der Waals surface area contributed by atoms with Crippen molar-refractivity contribution >= 4 is 57.7 Å². The number of hydrogen-bond acceptors (Lipinski definition) is 5. The number of amides is 1. The molecular weight excluding hydrogens is 457 g/mol. The number of aryl methyl sites for hydroxylation is 1. The van der Waals surface area contributed by atoms with E-state index in [1.54, 1.807) is 30.3 Å². The van der Waals surface area contributed by atoms with Crippen molar-refractivity contribution in [2.24, 2.45) is 0 Å². The zero-order valence-corrected chi connectivity index (χ0v) is 18.9. The predicted octanol–water partition coefficient (Wildman–Crippen LogP) is 6.00. The number of carbonyl (C=O) groups is 2. The van der Waals surface area contributed by atoms with Gasteiger partial charge in [-0.05, 0) is 60.3 Å². The summed E-state index contributed by atoms with van der Waals surface area (Å²) in [5, 5.41) is 13.9. The Morgan fingerprint density at radius 2 is 1.90 bits per heavy atom. The first-order valence-corrected chi connectivity index (χ1v) is 10.9. The number of ether oxygens (including phenoxy) is 1. The van der Waals surface area contributed by atoms with Crippen LogP contribution in [0.25, 0.3) is 5.76 Å². The Balaban J connectivity index is 1.94. The summed E-state index contributed by atoms with van der Waals surface area (Å²) in [6.07, 6.45) is 0. The number of aliphatic hydroxyl groups excluding tert-OH is 1. The van der Waals surface area contributed by atoms with Crippen molar-refractivity contribution in [3.63, 3.8) is 0 Å². The quantitative estimate of drug-likeness (QED) is 0.286. The zero-order valence-electron chi connectivity index (χ0n) is 16.6. The van der Waals surface area contributed by atoms with Crippen LogP contribution in [0.5, 0.6) is 5.75 Å². The summed E-state index contributed by atoms with van der Waals surface area (Å²) in [5.74, 6) is -1.42. The second kappa shape index (κ2) is 8.38. The molecule has 158 valence electrons. The molecule has 8 heteroatoms. The number of thiophene rings is 1. The lowest BCUT2D eigenvalue weighted by Crippen LogP contribution is -2.29. The van der Waals surface area contributed by atoms with Crippen LogP contribution in [0.3, 0.4) is 0 Å². The minimum absolute atomic E-state index is 0.00572. The van der Waals surface area contributed by atoms with Crippen molar-refractivity contribution < 1.29 is 19.4 Å². The number of nitrogens with zero attached hydrogens (tertiary/aromatic N) is 1. The van der Waals surface area contributed by atoms with Crippen LogP contribution < -0.4 is 9.64 Å².